The molecule has 9 heteroatoms. The summed E-state index contributed by atoms with van der Waals surface area (Å²) in [5.74, 6) is 1.49. The molecule has 140 valence electrons. The summed E-state index contributed by atoms with van der Waals surface area (Å²) < 4.78 is 33.0. The summed E-state index contributed by atoms with van der Waals surface area (Å²) in [4.78, 5) is 11.0. The van der Waals surface area contributed by atoms with Gasteiger partial charge in [-0.15, -0.1) is 0 Å². The summed E-state index contributed by atoms with van der Waals surface area (Å²) in [6.07, 6.45) is 2.28. The Hall–Kier alpha value is -1.90. The number of aromatic nitrogens is 2. The van der Waals surface area contributed by atoms with E-state index in [-0.39, 0.29) is 17.2 Å². The molecular weight excluding hydrogens is 376 g/mol. The third kappa shape index (κ3) is 4.25. The van der Waals surface area contributed by atoms with E-state index < -0.39 is 10.0 Å². The Morgan fingerprint density at radius 1 is 1.23 bits per heavy atom. The van der Waals surface area contributed by atoms with Gasteiger partial charge in [-0.05, 0) is 38.0 Å². The lowest BCUT2D eigenvalue weighted by molar-refractivity contribution is 0.402. The van der Waals surface area contributed by atoms with Crippen LogP contribution in [0.15, 0.2) is 29.2 Å². The molecule has 26 heavy (non-hydrogen) atoms. The Kier molecular flexibility index (Phi) is 5.64. The predicted molar refractivity (Wildman–Crippen MR) is 100 cm³/mol. The van der Waals surface area contributed by atoms with Crippen molar-refractivity contribution in [3.05, 3.63) is 40.8 Å². The van der Waals surface area contributed by atoms with Gasteiger partial charge in [0.1, 0.15) is 22.3 Å². The number of hydrogen-bond donors (Lipinski definition) is 1. The summed E-state index contributed by atoms with van der Waals surface area (Å²) in [5.41, 5.74) is 0.802. The van der Waals surface area contributed by atoms with Crippen molar-refractivity contribution in [1.82, 2.24) is 14.7 Å². The summed E-state index contributed by atoms with van der Waals surface area (Å²) >= 11 is 5.93. The Bertz CT molecular complexity index is 899. The second kappa shape index (κ2) is 7.77. The van der Waals surface area contributed by atoms with E-state index in [0.29, 0.717) is 10.8 Å². The minimum absolute atomic E-state index is 0.0134. The lowest BCUT2D eigenvalue weighted by Gasteiger charge is -2.17. The van der Waals surface area contributed by atoms with Crippen LogP contribution in [-0.2, 0) is 16.6 Å². The van der Waals surface area contributed by atoms with Gasteiger partial charge in [0.2, 0.25) is 10.0 Å². The van der Waals surface area contributed by atoms with Crippen molar-refractivity contribution in [2.24, 2.45) is 0 Å². The lowest BCUT2D eigenvalue weighted by Crippen LogP contribution is -2.26. The van der Waals surface area contributed by atoms with Gasteiger partial charge in [0.05, 0.1) is 13.7 Å². The normalized spacial score (nSPS) is 14.7. The van der Waals surface area contributed by atoms with Crippen molar-refractivity contribution in [3.63, 3.8) is 0 Å². The highest BCUT2D eigenvalue weighted by atomic mass is 35.5. The number of nitrogens with zero attached hydrogens (tertiary/aromatic N) is 3. The highest BCUT2D eigenvalue weighted by Gasteiger charge is 2.21. The Morgan fingerprint density at radius 2 is 1.96 bits per heavy atom. The monoisotopic (exact) mass is 396 g/mol. The van der Waals surface area contributed by atoms with E-state index in [9.17, 15) is 8.42 Å². The topological polar surface area (TPSA) is 84.4 Å². The van der Waals surface area contributed by atoms with E-state index >= 15 is 0 Å². The summed E-state index contributed by atoms with van der Waals surface area (Å²) in [7, 11) is -2.41. The molecular formula is C17H21ClN4O3S. The quantitative estimate of drug-likeness (QED) is 0.807. The average Bonchev–Trinajstić information content (AvgIpc) is 3.14. The molecule has 0 unspecified atom stereocenters. The van der Waals surface area contributed by atoms with Crippen LogP contribution in [0.3, 0.4) is 0 Å². The maximum atomic E-state index is 12.6. The van der Waals surface area contributed by atoms with Gasteiger partial charge < -0.3 is 9.64 Å². The number of halogens is 1. The van der Waals surface area contributed by atoms with Crippen LogP contribution in [0.5, 0.6) is 5.75 Å². The highest BCUT2D eigenvalue weighted by molar-refractivity contribution is 7.89. The molecule has 7 nitrogen and oxygen atoms in total. The van der Waals surface area contributed by atoms with Gasteiger partial charge in [-0.25, -0.2) is 23.1 Å². The molecule has 1 N–H and O–H groups in total. The third-order valence-corrected chi connectivity index (χ3v) is 5.81. The summed E-state index contributed by atoms with van der Waals surface area (Å²) in [6.45, 7) is 3.78. The van der Waals surface area contributed by atoms with E-state index in [4.69, 9.17) is 16.3 Å². The second-order valence-electron chi connectivity index (χ2n) is 6.10. The van der Waals surface area contributed by atoms with Gasteiger partial charge in [-0.2, -0.15) is 0 Å². The van der Waals surface area contributed by atoms with Gasteiger partial charge in [0.25, 0.3) is 0 Å². The molecule has 0 aliphatic carbocycles. The second-order valence-corrected chi connectivity index (χ2v) is 8.27. The number of ether oxygens (including phenoxy) is 1. The van der Waals surface area contributed by atoms with Crippen LogP contribution < -0.4 is 14.4 Å². The first kappa shape index (κ1) is 18.9. The summed E-state index contributed by atoms with van der Waals surface area (Å²) in [6, 6.07) is 6.37. The minimum Gasteiger partial charge on any atom is -0.495 e. The maximum Gasteiger partial charge on any atom is 0.244 e. The Balaban J connectivity index is 1.81. The fraction of sp³-hybridized carbons (Fsp3) is 0.412. The minimum atomic E-state index is -3.82. The average molecular weight is 397 g/mol. The molecule has 0 amide bonds. The van der Waals surface area contributed by atoms with Gasteiger partial charge >= 0.3 is 0 Å². The van der Waals surface area contributed by atoms with E-state index in [1.165, 1.54) is 19.2 Å². The van der Waals surface area contributed by atoms with E-state index in [1.54, 1.807) is 6.07 Å². The number of anilines is 1. The number of hydrogen-bond acceptors (Lipinski definition) is 6. The maximum absolute atomic E-state index is 12.6. The number of benzene rings is 1. The summed E-state index contributed by atoms with van der Waals surface area (Å²) in [5, 5.41) is 0.314. The first-order valence-corrected chi connectivity index (χ1v) is 10.2. The molecule has 0 spiro atoms. The largest absolute Gasteiger partial charge is 0.495 e. The molecule has 2 heterocycles. The number of sulfonamides is 1. The van der Waals surface area contributed by atoms with Crippen LogP contribution in [0.4, 0.5) is 5.82 Å². The van der Waals surface area contributed by atoms with Gasteiger partial charge in [-0.1, -0.05) is 11.6 Å². The van der Waals surface area contributed by atoms with Crippen LogP contribution in [0.25, 0.3) is 0 Å². The first-order valence-electron chi connectivity index (χ1n) is 8.32. The van der Waals surface area contributed by atoms with Crippen molar-refractivity contribution in [1.29, 1.82) is 0 Å². The smallest absolute Gasteiger partial charge is 0.244 e. The number of nitrogens with one attached hydrogen (secondary N) is 1. The standard InChI is InChI=1S/C17H21ClN4O3S/c1-12-9-17(22-7-3-4-8-22)21-16(20-12)11-19-26(23,24)15-10-13(18)5-6-14(15)25-2/h5-6,9-10,19H,3-4,7-8,11H2,1-2H3. The molecule has 2 aromatic rings. The number of rotatable bonds is 6. The Labute approximate surface area is 158 Å². The van der Waals surface area contributed by atoms with Gasteiger partial charge in [0.15, 0.2) is 0 Å². The molecule has 0 radical (unpaired) electrons. The molecule has 0 bridgehead atoms. The molecule has 1 saturated heterocycles. The zero-order valence-electron chi connectivity index (χ0n) is 14.7. The van der Waals surface area contributed by atoms with Crippen molar-refractivity contribution in [2.75, 3.05) is 25.1 Å². The number of aryl methyl sites for hydroxylation is 1. The molecule has 3 rings (SSSR count). The van der Waals surface area contributed by atoms with E-state index in [2.05, 4.69) is 19.6 Å². The van der Waals surface area contributed by atoms with Gasteiger partial charge in [0, 0.05) is 29.9 Å². The molecule has 1 aliphatic heterocycles. The lowest BCUT2D eigenvalue weighted by atomic mass is 10.3. The first-order chi connectivity index (χ1) is 12.4. The van der Waals surface area contributed by atoms with Crippen molar-refractivity contribution in [3.8, 4) is 5.75 Å². The van der Waals surface area contributed by atoms with E-state index in [1.807, 2.05) is 13.0 Å². The fourth-order valence-corrected chi connectivity index (χ4v) is 4.31. The SMILES string of the molecule is COc1ccc(Cl)cc1S(=O)(=O)NCc1nc(C)cc(N2CCCC2)n1. The molecule has 1 aliphatic rings. The van der Waals surface area contributed by atoms with E-state index in [0.717, 1.165) is 37.4 Å². The van der Waals surface area contributed by atoms with Crippen molar-refractivity contribution >= 4 is 27.4 Å². The highest BCUT2D eigenvalue weighted by Crippen LogP contribution is 2.27. The molecule has 1 aromatic carbocycles. The Morgan fingerprint density at radius 3 is 2.65 bits per heavy atom. The zero-order valence-corrected chi connectivity index (χ0v) is 16.3. The van der Waals surface area contributed by atoms with Crippen molar-refractivity contribution in [2.45, 2.75) is 31.2 Å². The van der Waals surface area contributed by atoms with Crippen LogP contribution in [0, 0.1) is 6.92 Å². The molecule has 1 fully saturated rings. The van der Waals surface area contributed by atoms with Crippen LogP contribution in [0.1, 0.15) is 24.4 Å². The van der Waals surface area contributed by atoms with Gasteiger partial charge in [-0.3, -0.25) is 0 Å². The number of methoxy groups -OCH3 is 1. The van der Waals surface area contributed by atoms with Crippen LogP contribution in [0.2, 0.25) is 5.02 Å². The zero-order chi connectivity index (χ0) is 18.7. The molecule has 1 aromatic heterocycles. The third-order valence-electron chi connectivity index (χ3n) is 4.15. The van der Waals surface area contributed by atoms with Crippen molar-refractivity contribution < 1.29 is 13.2 Å². The fourth-order valence-electron chi connectivity index (χ4n) is 2.90. The molecule has 0 saturated carbocycles. The predicted octanol–water partition coefficient (Wildman–Crippen LogP) is 2.53. The van der Waals surface area contributed by atoms with Crippen LogP contribution in [-0.4, -0.2) is 38.6 Å². The van der Waals surface area contributed by atoms with Crippen LogP contribution >= 0.6 is 11.6 Å². The molecule has 0 atom stereocenters.